The lowest BCUT2D eigenvalue weighted by atomic mass is 10.2. The van der Waals surface area contributed by atoms with Crippen molar-refractivity contribution in [2.24, 2.45) is 7.05 Å². The van der Waals surface area contributed by atoms with Crippen molar-refractivity contribution in [1.82, 2.24) is 9.47 Å². The standard InChI is InChI=1S/C13H21BrN2O2/c1-5-10(2)16(6-7-18-4)13(17)12-8-11(14)9-15(12)3/h8-10H,5-7H2,1-4H3. The van der Waals surface area contributed by atoms with E-state index in [9.17, 15) is 4.79 Å². The van der Waals surface area contributed by atoms with Gasteiger partial charge in [0.25, 0.3) is 5.91 Å². The highest BCUT2D eigenvalue weighted by Gasteiger charge is 2.22. The number of carbonyl (C=O) groups is 1. The molecule has 0 aromatic carbocycles. The summed E-state index contributed by atoms with van der Waals surface area (Å²) in [5, 5.41) is 0. The van der Waals surface area contributed by atoms with Crippen LogP contribution in [0, 0.1) is 0 Å². The first-order chi connectivity index (χ1) is 8.51. The third-order valence-corrected chi connectivity index (χ3v) is 3.54. The number of hydrogen-bond acceptors (Lipinski definition) is 2. The molecule has 0 fully saturated rings. The van der Waals surface area contributed by atoms with Crippen LogP contribution in [0.2, 0.25) is 0 Å². The summed E-state index contributed by atoms with van der Waals surface area (Å²) < 4.78 is 7.84. The van der Waals surface area contributed by atoms with Crippen LogP contribution in [0.4, 0.5) is 0 Å². The zero-order valence-corrected chi connectivity index (χ0v) is 13.0. The van der Waals surface area contributed by atoms with Gasteiger partial charge in [0.05, 0.1) is 6.61 Å². The molecule has 102 valence electrons. The molecule has 0 spiro atoms. The Labute approximate surface area is 117 Å². The summed E-state index contributed by atoms with van der Waals surface area (Å²) in [5.41, 5.74) is 0.693. The number of halogens is 1. The second kappa shape index (κ2) is 6.95. The Balaban J connectivity index is 2.91. The lowest BCUT2D eigenvalue weighted by molar-refractivity contribution is 0.0604. The predicted molar refractivity (Wildman–Crippen MR) is 75.8 cm³/mol. The summed E-state index contributed by atoms with van der Waals surface area (Å²) in [7, 11) is 3.53. The number of aryl methyl sites for hydroxylation is 1. The fourth-order valence-electron chi connectivity index (χ4n) is 1.82. The first-order valence-electron chi connectivity index (χ1n) is 6.13. The van der Waals surface area contributed by atoms with Crippen molar-refractivity contribution in [2.45, 2.75) is 26.3 Å². The minimum absolute atomic E-state index is 0.0506. The molecule has 1 rings (SSSR count). The average molecular weight is 317 g/mol. The number of hydrogen-bond donors (Lipinski definition) is 0. The molecule has 5 heteroatoms. The molecular formula is C13H21BrN2O2. The molecule has 1 aromatic rings. The second-order valence-corrected chi connectivity index (χ2v) is 5.32. The Kier molecular flexibility index (Phi) is 5.88. The molecule has 18 heavy (non-hydrogen) atoms. The molecule has 1 unspecified atom stereocenters. The van der Waals surface area contributed by atoms with Gasteiger partial charge in [-0.15, -0.1) is 0 Å². The predicted octanol–water partition coefficient (Wildman–Crippen LogP) is 2.67. The van der Waals surface area contributed by atoms with Gasteiger partial charge in [-0.3, -0.25) is 4.79 Å². The van der Waals surface area contributed by atoms with E-state index < -0.39 is 0 Å². The maximum atomic E-state index is 12.5. The smallest absolute Gasteiger partial charge is 0.270 e. The topological polar surface area (TPSA) is 34.5 Å². The summed E-state index contributed by atoms with van der Waals surface area (Å²) in [4.78, 5) is 14.4. The Bertz CT molecular complexity index is 404. The normalized spacial score (nSPS) is 12.5. The number of amides is 1. The van der Waals surface area contributed by atoms with E-state index in [-0.39, 0.29) is 11.9 Å². The van der Waals surface area contributed by atoms with Crippen molar-refractivity contribution >= 4 is 21.8 Å². The van der Waals surface area contributed by atoms with E-state index in [0.29, 0.717) is 18.8 Å². The minimum atomic E-state index is 0.0506. The zero-order valence-electron chi connectivity index (χ0n) is 11.4. The second-order valence-electron chi connectivity index (χ2n) is 4.40. The maximum Gasteiger partial charge on any atom is 0.270 e. The fourth-order valence-corrected chi connectivity index (χ4v) is 2.34. The van der Waals surface area contributed by atoms with Crippen molar-refractivity contribution in [3.05, 3.63) is 22.4 Å². The molecule has 0 aliphatic carbocycles. The summed E-state index contributed by atoms with van der Waals surface area (Å²) >= 11 is 3.39. The number of ether oxygens (including phenoxy) is 1. The summed E-state index contributed by atoms with van der Waals surface area (Å²) in [6, 6.07) is 2.06. The third-order valence-electron chi connectivity index (χ3n) is 3.11. The van der Waals surface area contributed by atoms with E-state index >= 15 is 0 Å². The van der Waals surface area contributed by atoms with Crippen molar-refractivity contribution in [2.75, 3.05) is 20.3 Å². The van der Waals surface area contributed by atoms with Crippen LogP contribution in [-0.4, -0.2) is 41.7 Å². The molecule has 1 heterocycles. The van der Waals surface area contributed by atoms with Crippen LogP contribution in [0.3, 0.4) is 0 Å². The van der Waals surface area contributed by atoms with E-state index in [0.717, 1.165) is 10.9 Å². The minimum Gasteiger partial charge on any atom is -0.383 e. The largest absolute Gasteiger partial charge is 0.383 e. The molecule has 0 bridgehead atoms. The highest BCUT2D eigenvalue weighted by molar-refractivity contribution is 9.10. The van der Waals surface area contributed by atoms with Gasteiger partial charge in [0, 0.05) is 37.4 Å². The van der Waals surface area contributed by atoms with Crippen LogP contribution < -0.4 is 0 Å². The Morgan fingerprint density at radius 2 is 2.28 bits per heavy atom. The van der Waals surface area contributed by atoms with Crippen LogP contribution in [-0.2, 0) is 11.8 Å². The van der Waals surface area contributed by atoms with Crippen LogP contribution in [0.25, 0.3) is 0 Å². The lowest BCUT2D eigenvalue weighted by Crippen LogP contribution is -2.41. The Morgan fingerprint density at radius 3 is 2.72 bits per heavy atom. The van der Waals surface area contributed by atoms with E-state index in [4.69, 9.17) is 4.74 Å². The molecule has 0 radical (unpaired) electrons. The van der Waals surface area contributed by atoms with Gasteiger partial charge < -0.3 is 14.2 Å². The Hall–Kier alpha value is -0.810. The molecule has 0 saturated heterocycles. The molecular weight excluding hydrogens is 296 g/mol. The maximum absolute atomic E-state index is 12.5. The van der Waals surface area contributed by atoms with Crippen molar-refractivity contribution < 1.29 is 9.53 Å². The number of methoxy groups -OCH3 is 1. The van der Waals surface area contributed by atoms with Crippen LogP contribution >= 0.6 is 15.9 Å². The summed E-state index contributed by atoms with van der Waals surface area (Å²) in [6.45, 7) is 5.32. The molecule has 0 saturated carbocycles. The molecule has 1 aromatic heterocycles. The van der Waals surface area contributed by atoms with Gasteiger partial charge in [-0.2, -0.15) is 0 Å². The number of carbonyl (C=O) groups excluding carboxylic acids is 1. The van der Waals surface area contributed by atoms with Crippen molar-refractivity contribution in [3.8, 4) is 0 Å². The van der Waals surface area contributed by atoms with Gasteiger partial charge in [0.1, 0.15) is 5.69 Å². The molecule has 1 atom stereocenters. The fraction of sp³-hybridized carbons (Fsp3) is 0.615. The monoisotopic (exact) mass is 316 g/mol. The Morgan fingerprint density at radius 1 is 1.61 bits per heavy atom. The number of aromatic nitrogens is 1. The molecule has 4 nitrogen and oxygen atoms in total. The molecule has 0 aliphatic rings. The third kappa shape index (κ3) is 3.59. The summed E-state index contributed by atoms with van der Waals surface area (Å²) in [6.07, 6.45) is 2.82. The first-order valence-corrected chi connectivity index (χ1v) is 6.92. The van der Waals surface area contributed by atoms with E-state index in [2.05, 4.69) is 29.8 Å². The van der Waals surface area contributed by atoms with Gasteiger partial charge in [0.2, 0.25) is 0 Å². The first kappa shape index (κ1) is 15.2. The SMILES string of the molecule is CCC(C)N(CCOC)C(=O)c1cc(Br)cn1C. The van der Waals surface area contributed by atoms with Gasteiger partial charge in [0.15, 0.2) is 0 Å². The van der Waals surface area contributed by atoms with E-state index in [1.807, 2.05) is 28.8 Å². The number of rotatable bonds is 6. The van der Waals surface area contributed by atoms with E-state index in [1.165, 1.54) is 0 Å². The van der Waals surface area contributed by atoms with Crippen LogP contribution in [0.5, 0.6) is 0 Å². The molecule has 0 aliphatic heterocycles. The quantitative estimate of drug-likeness (QED) is 0.808. The average Bonchev–Trinajstić information content (AvgIpc) is 2.68. The number of nitrogens with zero attached hydrogens (tertiary/aromatic N) is 2. The van der Waals surface area contributed by atoms with Gasteiger partial charge >= 0.3 is 0 Å². The van der Waals surface area contributed by atoms with Crippen LogP contribution in [0.15, 0.2) is 16.7 Å². The van der Waals surface area contributed by atoms with Crippen molar-refractivity contribution in [1.29, 1.82) is 0 Å². The van der Waals surface area contributed by atoms with Crippen molar-refractivity contribution in [3.63, 3.8) is 0 Å². The van der Waals surface area contributed by atoms with E-state index in [1.54, 1.807) is 7.11 Å². The highest BCUT2D eigenvalue weighted by Crippen LogP contribution is 2.17. The lowest BCUT2D eigenvalue weighted by Gasteiger charge is -2.28. The molecule has 0 N–H and O–H groups in total. The van der Waals surface area contributed by atoms with Gasteiger partial charge in [-0.05, 0) is 35.3 Å². The van der Waals surface area contributed by atoms with Gasteiger partial charge in [-0.1, -0.05) is 6.92 Å². The molecule has 1 amide bonds. The highest BCUT2D eigenvalue weighted by atomic mass is 79.9. The van der Waals surface area contributed by atoms with Crippen LogP contribution in [0.1, 0.15) is 30.8 Å². The van der Waals surface area contributed by atoms with Gasteiger partial charge in [-0.25, -0.2) is 0 Å². The zero-order chi connectivity index (χ0) is 13.7. The summed E-state index contributed by atoms with van der Waals surface area (Å²) in [5.74, 6) is 0.0506.